The lowest BCUT2D eigenvalue weighted by molar-refractivity contribution is -0.109. The third-order valence-electron chi connectivity index (χ3n) is 1.96. The number of aliphatic hydroxyl groups excluding tert-OH is 1. The van der Waals surface area contributed by atoms with E-state index in [4.69, 9.17) is 10.8 Å². The van der Waals surface area contributed by atoms with Gasteiger partial charge in [0.15, 0.2) is 5.88 Å². The van der Waals surface area contributed by atoms with Crippen molar-refractivity contribution in [1.29, 1.82) is 0 Å². The number of carbonyl (C=O) groups excluding carboxylic acids is 1. The van der Waals surface area contributed by atoms with Crippen LogP contribution >= 0.6 is 0 Å². The molecule has 0 saturated heterocycles. The third kappa shape index (κ3) is 30.0. The van der Waals surface area contributed by atoms with Crippen LogP contribution < -0.4 is 11.1 Å². The summed E-state index contributed by atoms with van der Waals surface area (Å²) in [6.07, 6.45) is 12.0. The van der Waals surface area contributed by atoms with Crippen molar-refractivity contribution in [2.45, 2.75) is 52.5 Å². The van der Waals surface area contributed by atoms with Crippen LogP contribution in [0.4, 0.5) is 0 Å². The Morgan fingerprint density at radius 2 is 1.95 bits per heavy atom. The van der Waals surface area contributed by atoms with Crippen LogP contribution in [-0.4, -0.2) is 24.5 Å². The smallest absolute Gasteiger partial charge is 0.179 e. The number of rotatable bonds is 7. The van der Waals surface area contributed by atoms with Gasteiger partial charge in [-0.3, -0.25) is 0 Å². The minimum atomic E-state index is -0.231. The Balaban J connectivity index is -0.000000251. The highest BCUT2D eigenvalue weighted by Gasteiger charge is 1.93. The van der Waals surface area contributed by atoms with Gasteiger partial charge in [0, 0.05) is 7.05 Å². The molecule has 0 fully saturated rings. The number of nitrogens with two attached hydrogens (primary N) is 1. The lowest BCUT2D eigenvalue weighted by Crippen LogP contribution is -2.20. The van der Waals surface area contributed by atoms with E-state index in [0.717, 1.165) is 32.0 Å². The molecule has 0 aromatic heterocycles. The molecular weight excluding hydrogens is 252 g/mol. The summed E-state index contributed by atoms with van der Waals surface area (Å²) < 4.78 is 0. The summed E-state index contributed by atoms with van der Waals surface area (Å²) in [5.74, 6) is 0.254. The average Bonchev–Trinajstić information content (AvgIpc) is 2.45. The lowest BCUT2D eigenvalue weighted by atomic mass is 10.2. The molecule has 0 aromatic rings. The minimum absolute atomic E-state index is 0.231. The zero-order valence-electron chi connectivity index (χ0n) is 13.4. The molecule has 1 atom stereocenters. The monoisotopic (exact) mass is 284 g/mol. The van der Waals surface area contributed by atoms with E-state index in [9.17, 15) is 4.79 Å². The van der Waals surface area contributed by atoms with Crippen LogP contribution in [0.5, 0.6) is 0 Å². The predicted octanol–water partition coefficient (Wildman–Crippen LogP) is 3.47. The fourth-order valence-corrected chi connectivity index (χ4v) is 0.986. The first-order valence-electron chi connectivity index (χ1n) is 6.99. The number of aliphatic hydroxyl groups is 1. The Hall–Kier alpha value is -1.55. The molecule has 0 spiro atoms. The third-order valence-corrected chi connectivity index (χ3v) is 1.96. The molecular formula is C16H32N2O2. The number of nitrogens with one attached hydrogen (secondary N) is 1. The molecule has 0 aliphatic carbocycles. The molecule has 4 N–H and O–H groups in total. The summed E-state index contributed by atoms with van der Waals surface area (Å²) in [6.45, 7) is 9.24. The van der Waals surface area contributed by atoms with E-state index in [2.05, 4.69) is 18.0 Å². The number of unbranched alkanes of at least 4 members (excludes halogenated alkanes) is 1. The minimum Gasteiger partial charge on any atom is -0.495 e. The molecule has 0 rings (SSSR count). The molecule has 1 unspecified atom stereocenters. The molecule has 0 heterocycles. The van der Waals surface area contributed by atoms with Crippen LogP contribution in [0.3, 0.4) is 0 Å². The van der Waals surface area contributed by atoms with Gasteiger partial charge in [0.25, 0.3) is 0 Å². The highest BCUT2D eigenvalue weighted by atomic mass is 16.3. The van der Waals surface area contributed by atoms with Gasteiger partial charge in [0.05, 0.1) is 6.04 Å². The van der Waals surface area contributed by atoms with Crippen molar-refractivity contribution in [3.8, 4) is 0 Å². The molecule has 0 saturated carbocycles. The second-order valence-electron chi connectivity index (χ2n) is 3.98. The van der Waals surface area contributed by atoms with Gasteiger partial charge >= 0.3 is 0 Å². The van der Waals surface area contributed by atoms with Crippen LogP contribution in [0, 0.1) is 0 Å². The van der Waals surface area contributed by atoms with Crippen molar-refractivity contribution in [3.63, 3.8) is 0 Å². The largest absolute Gasteiger partial charge is 0.495 e. The number of hydrogen-bond acceptors (Lipinski definition) is 4. The number of hydrogen-bond donors (Lipinski definition) is 3. The summed E-state index contributed by atoms with van der Waals surface area (Å²) in [5.41, 5.74) is 5.22. The van der Waals surface area contributed by atoms with Crippen LogP contribution in [0.15, 0.2) is 36.8 Å². The molecule has 0 aliphatic heterocycles. The molecule has 4 heteroatoms. The molecule has 118 valence electrons. The molecule has 0 aromatic carbocycles. The number of aldehydes is 1. The Kier molecular flexibility index (Phi) is 26.6. The van der Waals surface area contributed by atoms with E-state index >= 15 is 0 Å². The van der Waals surface area contributed by atoms with Gasteiger partial charge in [-0.05, 0) is 39.2 Å². The van der Waals surface area contributed by atoms with Crippen LogP contribution in [0.1, 0.15) is 46.5 Å². The summed E-state index contributed by atoms with van der Waals surface area (Å²) in [6, 6.07) is -0.231. The maximum absolute atomic E-state index is 9.77. The lowest BCUT2D eigenvalue weighted by Gasteiger charge is -1.95. The van der Waals surface area contributed by atoms with Crippen LogP contribution in [0.25, 0.3) is 0 Å². The van der Waals surface area contributed by atoms with Crippen LogP contribution in [0.2, 0.25) is 0 Å². The van der Waals surface area contributed by atoms with Crippen molar-refractivity contribution in [1.82, 2.24) is 5.32 Å². The SMILES string of the molecule is C/C=C\CC/C=C(\O)NC.C=CC.CCCC(N)C=O. The maximum Gasteiger partial charge on any atom is 0.179 e. The van der Waals surface area contributed by atoms with E-state index in [1.54, 1.807) is 19.2 Å². The molecule has 0 radical (unpaired) electrons. The Morgan fingerprint density at radius 3 is 2.25 bits per heavy atom. The Bertz CT molecular complexity index is 261. The maximum atomic E-state index is 9.77. The molecule has 0 bridgehead atoms. The van der Waals surface area contributed by atoms with Crippen molar-refractivity contribution in [2.75, 3.05) is 7.05 Å². The molecule has 20 heavy (non-hydrogen) atoms. The Labute approximate surface area is 124 Å². The van der Waals surface area contributed by atoms with E-state index in [-0.39, 0.29) is 11.9 Å². The van der Waals surface area contributed by atoms with E-state index in [1.165, 1.54) is 0 Å². The summed E-state index contributed by atoms with van der Waals surface area (Å²) in [5, 5.41) is 11.5. The second kappa shape index (κ2) is 22.6. The van der Waals surface area contributed by atoms with Crippen molar-refractivity contribution in [2.24, 2.45) is 5.73 Å². The zero-order chi connectivity index (χ0) is 16.2. The van der Waals surface area contributed by atoms with Gasteiger partial charge in [-0.2, -0.15) is 0 Å². The van der Waals surface area contributed by atoms with Gasteiger partial charge in [-0.15, -0.1) is 6.58 Å². The average molecular weight is 284 g/mol. The fourth-order valence-electron chi connectivity index (χ4n) is 0.986. The quantitative estimate of drug-likeness (QED) is 0.289. The second-order valence-corrected chi connectivity index (χ2v) is 3.98. The van der Waals surface area contributed by atoms with Gasteiger partial charge in [-0.25, -0.2) is 0 Å². The van der Waals surface area contributed by atoms with Gasteiger partial charge in [-0.1, -0.05) is 31.6 Å². The highest BCUT2D eigenvalue weighted by molar-refractivity contribution is 5.56. The van der Waals surface area contributed by atoms with Crippen molar-refractivity contribution < 1.29 is 9.90 Å². The van der Waals surface area contributed by atoms with Gasteiger partial charge < -0.3 is 21.0 Å². The van der Waals surface area contributed by atoms with Gasteiger partial charge in [0.1, 0.15) is 6.29 Å². The van der Waals surface area contributed by atoms with Crippen molar-refractivity contribution in [3.05, 3.63) is 36.8 Å². The topological polar surface area (TPSA) is 75.3 Å². The number of allylic oxidation sites excluding steroid dienone is 4. The zero-order valence-corrected chi connectivity index (χ0v) is 13.4. The first kappa shape index (κ1) is 23.5. The van der Waals surface area contributed by atoms with Crippen LogP contribution in [-0.2, 0) is 4.79 Å². The van der Waals surface area contributed by atoms with Gasteiger partial charge in [0.2, 0.25) is 0 Å². The molecule has 0 amide bonds. The van der Waals surface area contributed by atoms with E-state index < -0.39 is 0 Å². The first-order valence-corrected chi connectivity index (χ1v) is 6.99. The Morgan fingerprint density at radius 1 is 1.40 bits per heavy atom. The summed E-state index contributed by atoms with van der Waals surface area (Å²) in [7, 11) is 1.70. The highest BCUT2D eigenvalue weighted by Crippen LogP contribution is 1.94. The standard InChI is InChI=1S/C8H15NO.C5H11NO.C3H6/c1-3-4-5-6-7-8(10)9-2;1-2-3-5(6)4-7;1-3-2/h3-4,7,9-10H,5-6H2,1-2H3;4-5H,2-3,6H2,1H3;3H,1H2,2H3/b4-3-,8-7-;;. The fraction of sp³-hybridized carbons (Fsp3) is 0.562. The van der Waals surface area contributed by atoms with Crippen molar-refractivity contribution >= 4 is 6.29 Å². The summed E-state index contributed by atoms with van der Waals surface area (Å²) in [4.78, 5) is 9.77. The molecule has 4 nitrogen and oxygen atoms in total. The van der Waals surface area contributed by atoms with E-state index in [0.29, 0.717) is 0 Å². The molecule has 0 aliphatic rings. The van der Waals surface area contributed by atoms with E-state index in [1.807, 2.05) is 26.8 Å². The first-order chi connectivity index (χ1) is 9.53. The predicted molar refractivity (Wildman–Crippen MR) is 88.6 cm³/mol. The normalized spacial score (nSPS) is 11.6. The summed E-state index contributed by atoms with van der Waals surface area (Å²) >= 11 is 0. The number of carbonyl (C=O) groups is 1.